The number of nitrogens with one attached hydrogen (secondary N) is 1. The summed E-state index contributed by atoms with van der Waals surface area (Å²) in [5.74, 6) is 0. The highest BCUT2D eigenvalue weighted by Gasteiger charge is 2.28. The van der Waals surface area contributed by atoms with Crippen LogP contribution in [0.5, 0.6) is 0 Å². The van der Waals surface area contributed by atoms with Crippen LogP contribution in [0.15, 0.2) is 27.6 Å². The smallest absolute Gasteiger partial charge is 0.211 e. The van der Waals surface area contributed by atoms with E-state index < -0.39 is 29.2 Å². The molecule has 0 saturated carbocycles. The van der Waals surface area contributed by atoms with E-state index in [2.05, 4.69) is 15.9 Å². The van der Waals surface area contributed by atoms with E-state index in [1.54, 1.807) is 0 Å². The van der Waals surface area contributed by atoms with Crippen LogP contribution in [-0.2, 0) is 10.0 Å². The van der Waals surface area contributed by atoms with Gasteiger partial charge in [-0.05, 0) is 18.2 Å². The molecular weight excluding hydrogens is 359 g/mol. The maximum absolute atomic E-state index is 11.9. The standard InChI is InChI=1S/C9H8BrClF3NO2S/c10-6-1-2-8(7(11)5-6)18(16,17)15-4-3-9(12,13)14/h1-2,5,15H,3-4H2. The molecule has 0 saturated heterocycles. The summed E-state index contributed by atoms with van der Waals surface area (Å²) in [6, 6.07) is 3.99. The Bertz CT molecular complexity index is 533. The Hall–Kier alpha value is -0.310. The third kappa shape index (κ3) is 4.75. The van der Waals surface area contributed by atoms with Gasteiger partial charge in [-0.15, -0.1) is 0 Å². The van der Waals surface area contributed by atoms with Crippen LogP contribution in [0.2, 0.25) is 5.02 Å². The number of hydrogen-bond acceptors (Lipinski definition) is 2. The van der Waals surface area contributed by atoms with E-state index in [0.717, 1.165) is 0 Å². The summed E-state index contributed by atoms with van der Waals surface area (Å²) in [5.41, 5.74) is 0. The van der Waals surface area contributed by atoms with Crippen LogP contribution >= 0.6 is 27.5 Å². The zero-order valence-corrected chi connectivity index (χ0v) is 11.9. The minimum absolute atomic E-state index is 0.0658. The Morgan fingerprint density at radius 3 is 2.44 bits per heavy atom. The fourth-order valence-electron chi connectivity index (χ4n) is 1.10. The van der Waals surface area contributed by atoms with E-state index >= 15 is 0 Å². The molecular formula is C9H8BrClF3NO2S. The van der Waals surface area contributed by atoms with Crippen molar-refractivity contribution < 1.29 is 21.6 Å². The molecule has 0 atom stereocenters. The lowest BCUT2D eigenvalue weighted by atomic mass is 10.4. The third-order valence-electron chi connectivity index (χ3n) is 1.88. The maximum Gasteiger partial charge on any atom is 0.390 e. The van der Waals surface area contributed by atoms with Crippen LogP contribution in [0.25, 0.3) is 0 Å². The van der Waals surface area contributed by atoms with E-state index in [-0.39, 0.29) is 9.92 Å². The first-order valence-corrected chi connectivity index (χ1v) is 7.29. The predicted octanol–water partition coefficient (Wildman–Crippen LogP) is 3.33. The zero-order valence-electron chi connectivity index (χ0n) is 8.76. The summed E-state index contributed by atoms with van der Waals surface area (Å²) in [6.07, 6.45) is -5.65. The Morgan fingerprint density at radius 2 is 1.94 bits per heavy atom. The molecule has 0 heterocycles. The lowest BCUT2D eigenvalue weighted by Crippen LogP contribution is -2.28. The van der Waals surface area contributed by atoms with Gasteiger partial charge in [0.2, 0.25) is 10.0 Å². The van der Waals surface area contributed by atoms with Gasteiger partial charge in [-0.3, -0.25) is 0 Å². The highest BCUT2D eigenvalue weighted by Crippen LogP contribution is 2.25. The Kier molecular flexibility index (Phi) is 5.05. The lowest BCUT2D eigenvalue weighted by Gasteiger charge is -2.10. The molecule has 0 unspecified atom stereocenters. The number of hydrogen-bond donors (Lipinski definition) is 1. The minimum atomic E-state index is -4.41. The number of sulfonamides is 1. The van der Waals surface area contributed by atoms with Crippen LogP contribution in [0.4, 0.5) is 13.2 Å². The van der Waals surface area contributed by atoms with Crippen LogP contribution < -0.4 is 4.72 Å². The molecule has 0 amide bonds. The van der Waals surface area contributed by atoms with Gasteiger partial charge in [-0.2, -0.15) is 13.2 Å². The SMILES string of the molecule is O=S(=O)(NCCC(F)(F)F)c1ccc(Br)cc1Cl. The number of rotatable bonds is 4. The quantitative estimate of drug-likeness (QED) is 0.888. The van der Waals surface area contributed by atoms with E-state index in [1.807, 2.05) is 4.72 Å². The molecule has 1 rings (SSSR count). The normalized spacial score (nSPS) is 12.7. The first-order chi connectivity index (χ1) is 8.12. The van der Waals surface area contributed by atoms with Gasteiger partial charge in [0.05, 0.1) is 11.4 Å². The largest absolute Gasteiger partial charge is 0.390 e. The van der Waals surface area contributed by atoms with Gasteiger partial charge in [0.1, 0.15) is 4.90 Å². The van der Waals surface area contributed by atoms with Crippen LogP contribution in [0.3, 0.4) is 0 Å². The lowest BCUT2D eigenvalue weighted by molar-refractivity contribution is -0.132. The molecule has 18 heavy (non-hydrogen) atoms. The number of halogens is 5. The molecule has 0 spiro atoms. The molecule has 0 aliphatic carbocycles. The first-order valence-electron chi connectivity index (χ1n) is 4.63. The number of benzene rings is 1. The van der Waals surface area contributed by atoms with Gasteiger partial charge in [0, 0.05) is 11.0 Å². The summed E-state index contributed by atoms with van der Waals surface area (Å²) in [7, 11) is -4.03. The predicted molar refractivity (Wildman–Crippen MR) is 65.0 cm³/mol. The van der Waals surface area contributed by atoms with E-state index in [0.29, 0.717) is 4.47 Å². The molecule has 0 fully saturated rings. The van der Waals surface area contributed by atoms with Crippen LogP contribution in [0.1, 0.15) is 6.42 Å². The molecule has 0 bridgehead atoms. The second kappa shape index (κ2) is 5.77. The van der Waals surface area contributed by atoms with Crippen molar-refractivity contribution in [2.45, 2.75) is 17.5 Å². The first kappa shape index (κ1) is 15.7. The summed E-state index contributed by atoms with van der Waals surface area (Å²) in [4.78, 5) is -0.255. The highest BCUT2D eigenvalue weighted by atomic mass is 79.9. The molecule has 9 heteroatoms. The fraction of sp³-hybridized carbons (Fsp3) is 0.333. The molecule has 1 aromatic carbocycles. The Labute approximate surface area is 116 Å². The summed E-state index contributed by atoms with van der Waals surface area (Å²) < 4.78 is 61.5. The Balaban J connectivity index is 2.81. The molecule has 1 aromatic rings. The molecule has 102 valence electrons. The van der Waals surface area contributed by atoms with Crippen molar-refractivity contribution in [1.29, 1.82) is 0 Å². The minimum Gasteiger partial charge on any atom is -0.211 e. The van der Waals surface area contributed by atoms with Gasteiger partial charge < -0.3 is 0 Å². The molecule has 0 aliphatic heterocycles. The second-order valence-corrected chi connectivity index (χ2v) is 6.40. The highest BCUT2D eigenvalue weighted by molar-refractivity contribution is 9.10. The zero-order chi connectivity index (χ0) is 14.0. The third-order valence-corrected chi connectivity index (χ3v) is 4.32. The van der Waals surface area contributed by atoms with Crippen molar-refractivity contribution in [3.05, 3.63) is 27.7 Å². The van der Waals surface area contributed by atoms with Gasteiger partial charge >= 0.3 is 6.18 Å². The summed E-state index contributed by atoms with van der Waals surface area (Å²) in [6.45, 7) is -0.724. The van der Waals surface area contributed by atoms with Gasteiger partial charge in [-0.1, -0.05) is 27.5 Å². The average Bonchev–Trinajstić information content (AvgIpc) is 2.13. The van der Waals surface area contributed by atoms with Crippen molar-refractivity contribution in [2.75, 3.05) is 6.54 Å². The van der Waals surface area contributed by atoms with Crippen molar-refractivity contribution in [1.82, 2.24) is 4.72 Å². The summed E-state index contributed by atoms with van der Waals surface area (Å²) in [5, 5.41) is -0.0658. The average molecular weight is 367 g/mol. The molecule has 0 radical (unpaired) electrons. The fourth-order valence-corrected chi connectivity index (χ4v) is 3.17. The van der Waals surface area contributed by atoms with Crippen molar-refractivity contribution >= 4 is 37.6 Å². The molecule has 1 N–H and O–H groups in total. The van der Waals surface area contributed by atoms with Crippen molar-refractivity contribution in [2.24, 2.45) is 0 Å². The Morgan fingerprint density at radius 1 is 1.33 bits per heavy atom. The molecule has 3 nitrogen and oxygen atoms in total. The summed E-state index contributed by atoms with van der Waals surface area (Å²) >= 11 is 8.80. The topological polar surface area (TPSA) is 46.2 Å². The molecule has 0 aromatic heterocycles. The second-order valence-electron chi connectivity index (χ2n) is 3.34. The van der Waals surface area contributed by atoms with Crippen molar-refractivity contribution in [3.63, 3.8) is 0 Å². The van der Waals surface area contributed by atoms with Gasteiger partial charge in [0.25, 0.3) is 0 Å². The van der Waals surface area contributed by atoms with Crippen LogP contribution in [-0.4, -0.2) is 21.1 Å². The number of alkyl halides is 3. The van der Waals surface area contributed by atoms with E-state index in [1.165, 1.54) is 18.2 Å². The molecule has 0 aliphatic rings. The maximum atomic E-state index is 11.9. The van der Waals surface area contributed by atoms with Gasteiger partial charge in [0.15, 0.2) is 0 Å². The van der Waals surface area contributed by atoms with Gasteiger partial charge in [-0.25, -0.2) is 13.1 Å². The van der Waals surface area contributed by atoms with Crippen LogP contribution in [0, 0.1) is 0 Å². The van der Waals surface area contributed by atoms with E-state index in [4.69, 9.17) is 11.6 Å². The van der Waals surface area contributed by atoms with E-state index in [9.17, 15) is 21.6 Å². The monoisotopic (exact) mass is 365 g/mol. The van der Waals surface area contributed by atoms with Crippen molar-refractivity contribution in [3.8, 4) is 0 Å².